The van der Waals surface area contributed by atoms with Crippen molar-refractivity contribution < 1.29 is 9.59 Å². The Balaban J connectivity index is 1.44. The number of nitrogens with zero attached hydrogens (tertiary/aromatic N) is 2. The minimum atomic E-state index is -0.355. The van der Waals surface area contributed by atoms with Gasteiger partial charge in [-0.1, -0.05) is 31.5 Å². The Morgan fingerprint density at radius 3 is 3.00 bits per heavy atom. The van der Waals surface area contributed by atoms with Gasteiger partial charge in [0, 0.05) is 30.7 Å². The highest BCUT2D eigenvalue weighted by Gasteiger charge is 2.45. The van der Waals surface area contributed by atoms with E-state index in [1.165, 1.54) is 5.56 Å². The number of aromatic nitrogens is 1. The molecule has 0 radical (unpaired) electrons. The van der Waals surface area contributed by atoms with Crippen molar-refractivity contribution in [2.75, 3.05) is 6.54 Å². The van der Waals surface area contributed by atoms with Gasteiger partial charge in [0.1, 0.15) is 12.1 Å². The summed E-state index contributed by atoms with van der Waals surface area (Å²) in [6.45, 7) is 3.32. The van der Waals surface area contributed by atoms with Crippen molar-refractivity contribution in [2.45, 2.75) is 50.9 Å². The average Bonchev–Trinajstić information content (AvgIpc) is 3.09. The first kappa shape index (κ1) is 17.0. The maximum atomic E-state index is 12.6. The molecule has 2 aromatic rings. The number of fused-ring (bicyclic) bond motifs is 2. The molecule has 3 heterocycles. The highest BCUT2D eigenvalue weighted by Crippen LogP contribution is 2.25. The first-order chi connectivity index (χ1) is 12.7. The van der Waals surface area contributed by atoms with Crippen LogP contribution >= 0.6 is 0 Å². The fraction of sp³-hybridized carbons (Fsp3) is 0.450. The molecule has 0 saturated carbocycles. The molecular weight excluding hydrogens is 328 g/mol. The van der Waals surface area contributed by atoms with Gasteiger partial charge in [-0.3, -0.25) is 14.6 Å². The third-order valence-corrected chi connectivity index (χ3v) is 5.40. The minimum absolute atomic E-state index is 0.0123. The van der Waals surface area contributed by atoms with E-state index in [1.54, 1.807) is 11.1 Å². The maximum absolute atomic E-state index is 12.6. The van der Waals surface area contributed by atoms with Gasteiger partial charge >= 0.3 is 0 Å². The Morgan fingerprint density at radius 1 is 1.27 bits per heavy atom. The van der Waals surface area contributed by atoms with Crippen LogP contribution in [0.3, 0.4) is 0 Å². The molecule has 0 aliphatic carbocycles. The number of carbonyl (C=O) groups is 2. The molecule has 1 aromatic heterocycles. The molecule has 6 heteroatoms. The Morgan fingerprint density at radius 2 is 2.15 bits per heavy atom. The topological polar surface area (TPSA) is 74.3 Å². The van der Waals surface area contributed by atoms with Crippen LogP contribution in [0.15, 0.2) is 36.5 Å². The maximum Gasteiger partial charge on any atom is 0.245 e. The number of nitrogens with one attached hydrogen (secondary N) is 2. The number of hydrogen-bond donors (Lipinski definition) is 2. The smallest absolute Gasteiger partial charge is 0.245 e. The molecule has 0 unspecified atom stereocenters. The lowest BCUT2D eigenvalue weighted by Crippen LogP contribution is -2.61. The average molecular weight is 352 g/mol. The van der Waals surface area contributed by atoms with Crippen LogP contribution in [0.5, 0.6) is 0 Å². The van der Waals surface area contributed by atoms with Crippen molar-refractivity contribution in [1.29, 1.82) is 0 Å². The molecule has 26 heavy (non-hydrogen) atoms. The number of hydrogen-bond acceptors (Lipinski definition) is 4. The first-order valence-electron chi connectivity index (χ1n) is 9.34. The zero-order valence-corrected chi connectivity index (χ0v) is 14.9. The molecule has 1 aromatic carbocycles. The Kier molecular flexibility index (Phi) is 4.59. The number of rotatable bonds is 5. The summed E-state index contributed by atoms with van der Waals surface area (Å²) in [4.78, 5) is 31.1. The van der Waals surface area contributed by atoms with E-state index in [0.717, 1.165) is 17.3 Å². The standard InChI is InChI=1S/C20H24N4O2/c1-2-5-17-20(26)24-12-14(10-18(24)19(25)23-17)22-11-13-6-3-8-16-15(13)7-4-9-21-16/h3-4,6-9,14,17-18,22H,2,5,10-12H2,1H3,(H,23,25)/t14-,17-,18-/m0/s1. The van der Waals surface area contributed by atoms with Gasteiger partial charge in [-0.25, -0.2) is 0 Å². The summed E-state index contributed by atoms with van der Waals surface area (Å²) in [5, 5.41) is 7.56. The summed E-state index contributed by atoms with van der Waals surface area (Å²) in [6.07, 6.45) is 4.05. The monoisotopic (exact) mass is 352 g/mol. The summed E-state index contributed by atoms with van der Waals surface area (Å²) in [6, 6.07) is 9.56. The van der Waals surface area contributed by atoms with Crippen LogP contribution in [-0.4, -0.2) is 46.4 Å². The van der Waals surface area contributed by atoms with E-state index in [-0.39, 0.29) is 29.9 Å². The highest BCUT2D eigenvalue weighted by molar-refractivity contribution is 5.97. The molecule has 2 N–H and O–H groups in total. The predicted molar refractivity (Wildman–Crippen MR) is 99.3 cm³/mol. The number of carbonyl (C=O) groups excluding carboxylic acids is 2. The molecule has 2 aliphatic heterocycles. The molecule has 136 valence electrons. The third kappa shape index (κ3) is 3.05. The van der Waals surface area contributed by atoms with E-state index in [4.69, 9.17) is 0 Å². The normalized spacial score (nSPS) is 25.4. The van der Waals surface area contributed by atoms with E-state index in [0.29, 0.717) is 25.9 Å². The SMILES string of the molecule is CCC[C@@H]1NC(=O)[C@@H]2C[C@H](NCc3cccc4ncccc34)CN2C1=O. The van der Waals surface area contributed by atoms with E-state index in [9.17, 15) is 9.59 Å². The number of amides is 2. The van der Waals surface area contributed by atoms with E-state index in [1.807, 2.05) is 25.1 Å². The summed E-state index contributed by atoms with van der Waals surface area (Å²) < 4.78 is 0. The van der Waals surface area contributed by atoms with Crippen molar-refractivity contribution in [3.63, 3.8) is 0 Å². The van der Waals surface area contributed by atoms with Gasteiger partial charge in [-0.05, 0) is 30.5 Å². The Bertz CT molecular complexity index is 832. The Labute approximate surface area is 153 Å². The number of pyridine rings is 1. The second kappa shape index (κ2) is 7.03. The third-order valence-electron chi connectivity index (χ3n) is 5.40. The van der Waals surface area contributed by atoms with Crippen molar-refractivity contribution in [3.05, 3.63) is 42.1 Å². The van der Waals surface area contributed by atoms with Crippen LogP contribution in [0.4, 0.5) is 0 Å². The molecule has 0 spiro atoms. The summed E-state index contributed by atoms with van der Waals surface area (Å²) >= 11 is 0. The summed E-state index contributed by atoms with van der Waals surface area (Å²) in [7, 11) is 0. The van der Waals surface area contributed by atoms with Crippen LogP contribution < -0.4 is 10.6 Å². The van der Waals surface area contributed by atoms with Gasteiger partial charge < -0.3 is 15.5 Å². The molecule has 6 nitrogen and oxygen atoms in total. The van der Waals surface area contributed by atoms with Crippen molar-refractivity contribution in [2.24, 2.45) is 0 Å². The lowest BCUT2D eigenvalue weighted by atomic mass is 10.0. The predicted octanol–water partition coefficient (Wildman–Crippen LogP) is 1.59. The van der Waals surface area contributed by atoms with Crippen LogP contribution in [0.25, 0.3) is 10.9 Å². The molecular formula is C20H24N4O2. The fourth-order valence-electron chi connectivity index (χ4n) is 4.07. The van der Waals surface area contributed by atoms with Gasteiger partial charge in [0.25, 0.3) is 0 Å². The molecule has 0 bridgehead atoms. The minimum Gasteiger partial charge on any atom is -0.343 e. The van der Waals surface area contributed by atoms with Crippen LogP contribution in [0, 0.1) is 0 Å². The van der Waals surface area contributed by atoms with Gasteiger partial charge in [0.2, 0.25) is 11.8 Å². The second-order valence-electron chi connectivity index (χ2n) is 7.16. The molecule has 2 saturated heterocycles. The first-order valence-corrected chi connectivity index (χ1v) is 9.34. The highest BCUT2D eigenvalue weighted by atomic mass is 16.2. The molecule has 4 rings (SSSR count). The summed E-state index contributed by atoms with van der Waals surface area (Å²) in [5.41, 5.74) is 2.16. The lowest BCUT2D eigenvalue weighted by molar-refractivity contribution is -0.147. The van der Waals surface area contributed by atoms with Gasteiger partial charge in [0.05, 0.1) is 5.52 Å². The molecule has 2 amide bonds. The van der Waals surface area contributed by atoms with Crippen LogP contribution in [0.2, 0.25) is 0 Å². The largest absolute Gasteiger partial charge is 0.343 e. The number of benzene rings is 1. The van der Waals surface area contributed by atoms with E-state index < -0.39 is 0 Å². The zero-order valence-electron chi connectivity index (χ0n) is 14.9. The van der Waals surface area contributed by atoms with E-state index in [2.05, 4.69) is 27.8 Å². The second-order valence-corrected chi connectivity index (χ2v) is 7.16. The van der Waals surface area contributed by atoms with Crippen molar-refractivity contribution in [1.82, 2.24) is 20.5 Å². The van der Waals surface area contributed by atoms with Gasteiger partial charge in [-0.2, -0.15) is 0 Å². The quantitative estimate of drug-likeness (QED) is 0.857. The molecule has 2 aliphatic rings. The van der Waals surface area contributed by atoms with Gasteiger partial charge in [-0.15, -0.1) is 0 Å². The molecule has 3 atom stereocenters. The van der Waals surface area contributed by atoms with Crippen LogP contribution in [0.1, 0.15) is 31.7 Å². The van der Waals surface area contributed by atoms with Crippen molar-refractivity contribution >= 4 is 22.7 Å². The van der Waals surface area contributed by atoms with Crippen molar-refractivity contribution in [3.8, 4) is 0 Å². The summed E-state index contributed by atoms with van der Waals surface area (Å²) in [5.74, 6) is 0.0526. The van der Waals surface area contributed by atoms with Crippen LogP contribution in [-0.2, 0) is 16.1 Å². The van der Waals surface area contributed by atoms with E-state index >= 15 is 0 Å². The Hall–Kier alpha value is -2.47. The zero-order chi connectivity index (χ0) is 18.1. The number of piperazine rings is 1. The lowest BCUT2D eigenvalue weighted by Gasteiger charge is -2.34. The molecule has 2 fully saturated rings. The van der Waals surface area contributed by atoms with Gasteiger partial charge in [0.15, 0.2) is 0 Å². The fourth-order valence-corrected chi connectivity index (χ4v) is 4.07.